The van der Waals surface area contributed by atoms with Crippen molar-refractivity contribution in [3.8, 4) is 11.5 Å². The molecule has 1 aromatic carbocycles. The van der Waals surface area contributed by atoms with E-state index in [2.05, 4.69) is 81.9 Å². The van der Waals surface area contributed by atoms with E-state index in [9.17, 15) is 0 Å². The Labute approximate surface area is 151 Å². The van der Waals surface area contributed by atoms with Gasteiger partial charge in [0.15, 0.2) is 0 Å². The third-order valence-corrected chi connectivity index (χ3v) is 9.83. The zero-order chi connectivity index (χ0) is 17.8. The van der Waals surface area contributed by atoms with Crippen molar-refractivity contribution in [3.05, 3.63) is 34.9 Å². The van der Waals surface area contributed by atoms with E-state index in [0.29, 0.717) is 0 Å². The standard InChI is InChI=1S/C19H31BrO2Si/c1-14(13-20)9-10-16-12-17(11-15(2)18(16)21-6)22-23(7,8)19(3,4)5/h9,11-12H,10,13H2,1-8H3/b14-9+. The minimum absolute atomic E-state index is 0.188. The van der Waals surface area contributed by atoms with Gasteiger partial charge in [0.25, 0.3) is 0 Å². The van der Waals surface area contributed by atoms with Crippen LogP contribution in [0.3, 0.4) is 0 Å². The third-order valence-electron chi connectivity index (χ3n) is 4.59. The SMILES string of the molecule is COc1c(C)cc(O[Si](C)(C)C(C)(C)C)cc1C/C=C(\C)CBr. The Bertz CT molecular complexity index is 571. The number of benzene rings is 1. The van der Waals surface area contributed by atoms with E-state index in [-0.39, 0.29) is 5.04 Å². The van der Waals surface area contributed by atoms with Crippen molar-refractivity contribution in [1.29, 1.82) is 0 Å². The van der Waals surface area contributed by atoms with Crippen molar-refractivity contribution in [2.24, 2.45) is 0 Å². The Balaban J connectivity index is 3.19. The van der Waals surface area contributed by atoms with Gasteiger partial charge in [0.05, 0.1) is 7.11 Å². The van der Waals surface area contributed by atoms with Gasteiger partial charge >= 0.3 is 0 Å². The predicted molar refractivity (Wildman–Crippen MR) is 107 cm³/mol. The first kappa shape index (κ1) is 20.3. The molecule has 0 spiro atoms. The van der Waals surface area contributed by atoms with Gasteiger partial charge in [0.1, 0.15) is 11.5 Å². The minimum atomic E-state index is -1.83. The number of methoxy groups -OCH3 is 1. The smallest absolute Gasteiger partial charge is 0.250 e. The molecular formula is C19H31BrO2Si. The predicted octanol–water partition coefficient (Wildman–Crippen LogP) is 6.27. The molecule has 0 aliphatic heterocycles. The van der Waals surface area contributed by atoms with E-state index < -0.39 is 8.32 Å². The van der Waals surface area contributed by atoms with Gasteiger partial charge < -0.3 is 9.16 Å². The first-order valence-electron chi connectivity index (χ1n) is 8.10. The zero-order valence-electron chi connectivity index (χ0n) is 15.8. The molecule has 0 unspecified atom stereocenters. The highest BCUT2D eigenvalue weighted by Crippen LogP contribution is 2.39. The van der Waals surface area contributed by atoms with Crippen LogP contribution in [0, 0.1) is 6.92 Å². The fraction of sp³-hybridized carbons (Fsp3) is 0.579. The molecule has 1 rings (SSSR count). The summed E-state index contributed by atoms with van der Waals surface area (Å²) in [5, 5.41) is 1.09. The van der Waals surface area contributed by atoms with E-state index in [4.69, 9.17) is 9.16 Å². The number of rotatable bonds is 6. The summed E-state index contributed by atoms with van der Waals surface area (Å²) in [5.74, 6) is 1.93. The van der Waals surface area contributed by atoms with Gasteiger partial charge in [-0.15, -0.1) is 0 Å². The van der Waals surface area contributed by atoms with Gasteiger partial charge in [-0.2, -0.15) is 0 Å². The molecule has 2 nitrogen and oxygen atoms in total. The van der Waals surface area contributed by atoms with Crippen molar-refractivity contribution >= 4 is 24.2 Å². The number of ether oxygens (including phenoxy) is 1. The van der Waals surface area contributed by atoms with Gasteiger partial charge in [-0.25, -0.2) is 0 Å². The average molecular weight is 399 g/mol. The van der Waals surface area contributed by atoms with Gasteiger partial charge in [-0.1, -0.05) is 48.4 Å². The molecule has 0 fully saturated rings. The van der Waals surface area contributed by atoms with Crippen LogP contribution >= 0.6 is 15.9 Å². The molecule has 0 radical (unpaired) electrons. The van der Waals surface area contributed by atoms with Gasteiger partial charge in [0.2, 0.25) is 8.32 Å². The lowest BCUT2D eigenvalue weighted by molar-refractivity contribution is 0.406. The highest BCUT2D eigenvalue weighted by atomic mass is 79.9. The number of hydrogen-bond donors (Lipinski definition) is 0. The Kier molecular flexibility index (Phi) is 6.96. The monoisotopic (exact) mass is 398 g/mol. The van der Waals surface area contributed by atoms with Crippen LogP contribution in [-0.2, 0) is 6.42 Å². The summed E-state index contributed by atoms with van der Waals surface area (Å²) in [7, 11) is -0.0972. The molecule has 0 heterocycles. The van der Waals surface area contributed by atoms with Crippen LogP contribution in [0.25, 0.3) is 0 Å². The van der Waals surface area contributed by atoms with Crippen LogP contribution in [0.2, 0.25) is 18.1 Å². The van der Waals surface area contributed by atoms with Crippen LogP contribution in [0.4, 0.5) is 0 Å². The summed E-state index contributed by atoms with van der Waals surface area (Å²) < 4.78 is 12.1. The van der Waals surface area contributed by atoms with Crippen LogP contribution in [0.1, 0.15) is 38.8 Å². The maximum Gasteiger partial charge on any atom is 0.250 e. The van der Waals surface area contributed by atoms with Crippen LogP contribution in [0.15, 0.2) is 23.8 Å². The van der Waals surface area contributed by atoms with Crippen molar-refractivity contribution in [3.63, 3.8) is 0 Å². The molecule has 0 atom stereocenters. The minimum Gasteiger partial charge on any atom is -0.543 e. The van der Waals surface area contributed by atoms with Crippen molar-refractivity contribution in [2.75, 3.05) is 12.4 Å². The van der Waals surface area contributed by atoms with Gasteiger partial charge in [-0.05, 0) is 56.1 Å². The summed E-state index contributed by atoms with van der Waals surface area (Å²) in [6.45, 7) is 15.6. The van der Waals surface area contributed by atoms with Crippen molar-refractivity contribution in [1.82, 2.24) is 0 Å². The fourth-order valence-electron chi connectivity index (χ4n) is 2.10. The Morgan fingerprint density at radius 1 is 1.26 bits per heavy atom. The highest BCUT2D eigenvalue weighted by Gasteiger charge is 2.39. The Hall–Kier alpha value is -0.743. The topological polar surface area (TPSA) is 18.5 Å². The maximum absolute atomic E-state index is 6.47. The molecule has 0 amide bonds. The molecule has 4 heteroatoms. The fourth-order valence-corrected chi connectivity index (χ4v) is 3.34. The summed E-state index contributed by atoms with van der Waals surface area (Å²) >= 11 is 3.50. The second-order valence-corrected chi connectivity index (χ2v) is 13.0. The van der Waals surface area contributed by atoms with E-state index >= 15 is 0 Å². The molecule has 0 aliphatic carbocycles. The summed E-state index contributed by atoms with van der Waals surface area (Å²) in [6.07, 6.45) is 3.10. The quantitative estimate of drug-likeness (QED) is 0.319. The van der Waals surface area contributed by atoms with Crippen LogP contribution in [-0.4, -0.2) is 20.8 Å². The van der Waals surface area contributed by atoms with Gasteiger partial charge in [0, 0.05) is 10.9 Å². The highest BCUT2D eigenvalue weighted by molar-refractivity contribution is 9.09. The van der Waals surface area contributed by atoms with Crippen LogP contribution < -0.4 is 9.16 Å². The summed E-state index contributed by atoms with van der Waals surface area (Å²) in [4.78, 5) is 0. The average Bonchev–Trinajstić information content (AvgIpc) is 2.42. The van der Waals surface area contributed by atoms with E-state index in [1.54, 1.807) is 7.11 Å². The lowest BCUT2D eigenvalue weighted by Gasteiger charge is -2.36. The molecule has 0 saturated carbocycles. The Morgan fingerprint density at radius 2 is 1.87 bits per heavy atom. The normalized spacial score (nSPS) is 13.2. The number of hydrogen-bond acceptors (Lipinski definition) is 2. The second kappa shape index (κ2) is 7.89. The summed E-state index contributed by atoms with van der Waals surface area (Å²) in [5.41, 5.74) is 3.63. The Morgan fingerprint density at radius 3 is 2.35 bits per heavy atom. The largest absolute Gasteiger partial charge is 0.543 e. The number of halogens is 1. The third kappa shape index (κ3) is 5.39. The lowest BCUT2D eigenvalue weighted by atomic mass is 10.0. The second-order valence-electron chi connectivity index (χ2n) is 7.68. The molecule has 0 bridgehead atoms. The number of aryl methyl sites for hydroxylation is 1. The molecule has 1 aromatic rings. The van der Waals surface area contributed by atoms with Crippen LogP contribution in [0.5, 0.6) is 11.5 Å². The zero-order valence-corrected chi connectivity index (χ0v) is 18.4. The van der Waals surface area contributed by atoms with E-state index in [1.807, 2.05) is 0 Å². The maximum atomic E-state index is 6.47. The molecule has 130 valence electrons. The number of allylic oxidation sites excluding steroid dienone is 2. The van der Waals surface area contributed by atoms with Crippen molar-refractivity contribution < 1.29 is 9.16 Å². The number of alkyl halides is 1. The van der Waals surface area contributed by atoms with E-state index in [1.165, 1.54) is 11.1 Å². The molecule has 0 N–H and O–H groups in total. The first-order chi connectivity index (χ1) is 10.5. The molecular weight excluding hydrogens is 368 g/mol. The van der Waals surface area contributed by atoms with Gasteiger partial charge in [-0.3, -0.25) is 0 Å². The molecule has 23 heavy (non-hydrogen) atoms. The molecule has 0 aliphatic rings. The van der Waals surface area contributed by atoms with E-state index in [0.717, 1.165) is 28.8 Å². The molecule has 0 saturated heterocycles. The van der Waals surface area contributed by atoms with Crippen molar-refractivity contribution in [2.45, 2.75) is 59.2 Å². The summed E-state index contributed by atoms with van der Waals surface area (Å²) in [6, 6.07) is 4.24. The lowest BCUT2D eigenvalue weighted by Crippen LogP contribution is -2.43. The first-order valence-corrected chi connectivity index (χ1v) is 12.1. The molecule has 0 aromatic heterocycles.